The second-order valence-electron chi connectivity index (χ2n) is 11.3. The summed E-state index contributed by atoms with van der Waals surface area (Å²) < 4.78 is 0. The molecule has 0 aliphatic heterocycles. The molecule has 0 atom stereocenters. The van der Waals surface area contributed by atoms with Crippen LogP contribution in [0, 0.1) is 0 Å². The van der Waals surface area contributed by atoms with Gasteiger partial charge in [-0.05, 0) is 56.2 Å². The van der Waals surface area contributed by atoms with Crippen molar-refractivity contribution in [2.45, 2.75) is 174 Å². The van der Waals surface area contributed by atoms with Crippen molar-refractivity contribution < 1.29 is 0 Å². The van der Waals surface area contributed by atoms with Crippen molar-refractivity contribution in [3.63, 3.8) is 0 Å². The number of hydrogen-bond acceptors (Lipinski definition) is 0. The number of alkyl halides is 1. The molecule has 1 rings (SSSR count). The Kier molecular flexibility index (Phi) is 19.2. The van der Waals surface area contributed by atoms with Crippen LogP contribution in [0.2, 0.25) is 0 Å². The number of rotatable bonds is 23. The van der Waals surface area contributed by atoms with Gasteiger partial charge >= 0.3 is 0 Å². The van der Waals surface area contributed by atoms with Gasteiger partial charge in [0.2, 0.25) is 0 Å². The number of unbranched alkanes of at least 4 members (excludes halogenated alkanes) is 18. The van der Waals surface area contributed by atoms with Gasteiger partial charge in [-0.1, -0.05) is 148 Å². The first-order valence-corrected chi connectivity index (χ1v) is 15.7. The average Bonchev–Trinajstić information content (AvgIpc) is 2.81. The third-order valence-corrected chi connectivity index (χ3v) is 7.70. The smallest absolute Gasteiger partial charge is 0.0641 e. The number of hydrogen-bond donors (Lipinski definition) is 0. The molecule has 0 aromatic heterocycles. The van der Waals surface area contributed by atoms with Crippen LogP contribution in [-0.2, 0) is 17.7 Å². The lowest BCUT2D eigenvalue weighted by Gasteiger charge is -2.23. The quantitative estimate of drug-likeness (QED) is 0.106. The first-order chi connectivity index (χ1) is 16.5. The molecule has 198 valence electrons. The van der Waals surface area contributed by atoms with E-state index in [2.05, 4.69) is 45.9 Å². The Morgan fingerprint density at radius 2 is 0.912 bits per heavy atom. The second-order valence-corrected chi connectivity index (χ2v) is 12.2. The zero-order chi connectivity index (χ0) is 24.9. The van der Waals surface area contributed by atoms with Crippen molar-refractivity contribution in [1.29, 1.82) is 0 Å². The summed E-state index contributed by atoms with van der Waals surface area (Å²) in [4.78, 5) is -0.276. The minimum atomic E-state index is -0.276. The van der Waals surface area contributed by atoms with E-state index in [1.54, 1.807) is 11.1 Å². The van der Waals surface area contributed by atoms with E-state index in [0.717, 1.165) is 0 Å². The Hall–Kier alpha value is -0.490. The van der Waals surface area contributed by atoms with Crippen molar-refractivity contribution >= 4 is 11.6 Å². The Labute approximate surface area is 220 Å². The summed E-state index contributed by atoms with van der Waals surface area (Å²) in [5, 5.41) is 0. The van der Waals surface area contributed by atoms with E-state index in [9.17, 15) is 0 Å². The van der Waals surface area contributed by atoms with E-state index in [1.807, 2.05) is 0 Å². The predicted molar refractivity (Wildman–Crippen MR) is 156 cm³/mol. The third kappa shape index (κ3) is 15.5. The van der Waals surface area contributed by atoms with E-state index < -0.39 is 0 Å². The molecule has 0 fully saturated rings. The zero-order valence-corrected chi connectivity index (χ0v) is 24.4. The zero-order valence-electron chi connectivity index (χ0n) is 23.7. The molecule has 0 amide bonds. The fraction of sp³-hybridized carbons (Fsp3) is 0.818. The molecule has 1 aromatic carbocycles. The Morgan fingerprint density at radius 3 is 1.32 bits per heavy atom. The van der Waals surface area contributed by atoms with Gasteiger partial charge in [-0.15, -0.1) is 11.6 Å². The van der Waals surface area contributed by atoms with Crippen LogP contribution in [0.4, 0.5) is 0 Å². The molecular weight excluding hydrogens is 432 g/mol. The maximum atomic E-state index is 6.83. The molecule has 0 unspecified atom stereocenters. The number of benzene rings is 1. The fourth-order valence-electron chi connectivity index (χ4n) is 5.31. The fourth-order valence-corrected chi connectivity index (χ4v) is 5.49. The lowest BCUT2D eigenvalue weighted by molar-refractivity contribution is 0.552. The lowest BCUT2D eigenvalue weighted by atomic mass is 9.87. The minimum Gasteiger partial charge on any atom is -0.115 e. The van der Waals surface area contributed by atoms with Gasteiger partial charge in [0, 0.05) is 0 Å². The predicted octanol–water partition coefficient (Wildman–Crippen LogP) is 12.1. The third-order valence-electron chi connectivity index (χ3n) is 7.49. The Balaban J connectivity index is 2.36. The summed E-state index contributed by atoms with van der Waals surface area (Å²) >= 11 is 6.83. The molecule has 1 aromatic rings. The highest BCUT2D eigenvalue weighted by Crippen LogP contribution is 2.33. The van der Waals surface area contributed by atoms with E-state index in [4.69, 9.17) is 11.6 Å². The highest BCUT2D eigenvalue weighted by molar-refractivity contribution is 6.23. The van der Waals surface area contributed by atoms with Gasteiger partial charge in [-0.3, -0.25) is 0 Å². The van der Waals surface area contributed by atoms with Gasteiger partial charge in [-0.25, -0.2) is 0 Å². The van der Waals surface area contributed by atoms with Gasteiger partial charge < -0.3 is 0 Å². The standard InChI is InChI=1S/C33H59Cl/c1-5-7-9-11-13-15-17-19-21-23-26-30-27-25-29-32(33(3,4)34)31(30)28-24-22-20-18-16-14-12-10-8-6-2/h25,27,29H,5-24,26,28H2,1-4H3. The first-order valence-electron chi connectivity index (χ1n) is 15.3. The van der Waals surface area contributed by atoms with E-state index in [0.29, 0.717) is 0 Å². The van der Waals surface area contributed by atoms with Gasteiger partial charge in [0.1, 0.15) is 0 Å². The topological polar surface area (TPSA) is 0 Å². The molecule has 1 heteroatoms. The summed E-state index contributed by atoms with van der Waals surface area (Å²) in [6.45, 7) is 8.92. The summed E-state index contributed by atoms with van der Waals surface area (Å²) in [5.41, 5.74) is 4.51. The van der Waals surface area contributed by atoms with Crippen LogP contribution in [0.25, 0.3) is 0 Å². The minimum absolute atomic E-state index is 0.276. The lowest BCUT2D eigenvalue weighted by Crippen LogP contribution is -2.13. The van der Waals surface area contributed by atoms with Gasteiger partial charge in [-0.2, -0.15) is 0 Å². The maximum absolute atomic E-state index is 6.83. The van der Waals surface area contributed by atoms with Crippen LogP contribution < -0.4 is 0 Å². The highest BCUT2D eigenvalue weighted by Gasteiger charge is 2.21. The van der Waals surface area contributed by atoms with Crippen molar-refractivity contribution in [2.75, 3.05) is 0 Å². The molecular formula is C33H59Cl. The van der Waals surface area contributed by atoms with Crippen LogP contribution in [0.5, 0.6) is 0 Å². The van der Waals surface area contributed by atoms with E-state index in [1.165, 1.54) is 147 Å². The largest absolute Gasteiger partial charge is 0.115 e. The molecule has 0 radical (unpaired) electrons. The molecule has 0 N–H and O–H groups in total. The normalized spacial score (nSPS) is 11.9. The maximum Gasteiger partial charge on any atom is 0.0641 e. The van der Waals surface area contributed by atoms with E-state index >= 15 is 0 Å². The van der Waals surface area contributed by atoms with Crippen LogP contribution in [0.3, 0.4) is 0 Å². The molecule has 0 bridgehead atoms. The first kappa shape index (κ1) is 31.5. The van der Waals surface area contributed by atoms with Crippen molar-refractivity contribution in [2.24, 2.45) is 0 Å². The second kappa shape index (κ2) is 20.7. The average molecular weight is 491 g/mol. The van der Waals surface area contributed by atoms with Crippen LogP contribution in [-0.4, -0.2) is 0 Å². The summed E-state index contributed by atoms with van der Waals surface area (Å²) in [5.74, 6) is 0. The van der Waals surface area contributed by atoms with Crippen LogP contribution in [0.15, 0.2) is 18.2 Å². The summed E-state index contributed by atoms with van der Waals surface area (Å²) in [7, 11) is 0. The van der Waals surface area contributed by atoms with E-state index in [-0.39, 0.29) is 4.87 Å². The van der Waals surface area contributed by atoms with Gasteiger partial charge in [0.15, 0.2) is 0 Å². The Bertz CT molecular complexity index is 583. The number of aryl methyl sites for hydroxylation is 1. The molecule has 0 saturated carbocycles. The molecule has 0 saturated heterocycles. The highest BCUT2D eigenvalue weighted by atomic mass is 35.5. The monoisotopic (exact) mass is 490 g/mol. The van der Waals surface area contributed by atoms with Gasteiger partial charge in [0.25, 0.3) is 0 Å². The van der Waals surface area contributed by atoms with Crippen molar-refractivity contribution in [3.05, 3.63) is 34.9 Å². The molecule has 0 spiro atoms. The summed E-state index contributed by atoms with van der Waals surface area (Å²) in [6.07, 6.45) is 30.5. The SMILES string of the molecule is CCCCCCCCCCCCc1cccc(C(C)(C)Cl)c1CCCCCCCCCCCC. The van der Waals surface area contributed by atoms with Crippen LogP contribution in [0.1, 0.15) is 173 Å². The van der Waals surface area contributed by atoms with Crippen molar-refractivity contribution in [3.8, 4) is 0 Å². The molecule has 0 aliphatic carbocycles. The van der Waals surface area contributed by atoms with Crippen LogP contribution >= 0.6 is 11.6 Å². The molecule has 34 heavy (non-hydrogen) atoms. The summed E-state index contributed by atoms with van der Waals surface area (Å²) in [6, 6.07) is 6.90. The molecule has 0 aliphatic rings. The van der Waals surface area contributed by atoms with Gasteiger partial charge in [0.05, 0.1) is 4.87 Å². The number of halogens is 1. The molecule has 0 heterocycles. The molecule has 0 nitrogen and oxygen atoms in total. The Morgan fingerprint density at radius 1 is 0.529 bits per heavy atom. The van der Waals surface area contributed by atoms with Crippen molar-refractivity contribution in [1.82, 2.24) is 0 Å².